The van der Waals surface area contributed by atoms with E-state index in [9.17, 15) is 14.4 Å². The average molecular weight is 600 g/mol. The summed E-state index contributed by atoms with van der Waals surface area (Å²) in [6, 6.07) is 19.5. The third-order valence-corrected chi connectivity index (χ3v) is 9.77. The first-order valence-electron chi connectivity index (χ1n) is 11.9. The quantitative estimate of drug-likeness (QED) is 0.269. The molecule has 11 heteroatoms. The average Bonchev–Trinajstić information content (AvgIpc) is 3.42. The van der Waals surface area contributed by atoms with Crippen molar-refractivity contribution in [1.82, 2.24) is 4.98 Å². The number of benzene rings is 3. The van der Waals surface area contributed by atoms with Gasteiger partial charge in [-0.25, -0.2) is 4.90 Å². The molecule has 4 aromatic rings. The molecule has 6 rings (SSSR count). The Kier molecular flexibility index (Phi) is 6.93. The lowest BCUT2D eigenvalue weighted by molar-refractivity contribution is -0.122. The van der Waals surface area contributed by atoms with Gasteiger partial charge in [0.15, 0.2) is 11.5 Å². The van der Waals surface area contributed by atoms with Gasteiger partial charge in [-0.15, -0.1) is 0 Å². The minimum atomic E-state index is -0.689. The summed E-state index contributed by atoms with van der Waals surface area (Å²) in [5, 5.41) is 0.969. The minimum Gasteiger partial charge on any atom is -0.493 e. The largest absolute Gasteiger partial charge is 0.493 e. The molecule has 0 radical (unpaired) electrons. The number of imide groups is 1. The van der Waals surface area contributed by atoms with Gasteiger partial charge >= 0.3 is 4.87 Å². The SMILES string of the molecule is COc1cc([C@@H]2c3sc(=O)[nH]c3S[C@H]3C(=O)N(c4ccccc4)C(=O)[C@@H]23)ccc1OCc1ccc(Cl)cc1Cl. The van der Waals surface area contributed by atoms with E-state index in [1.54, 1.807) is 54.6 Å². The number of aromatic amines is 1. The maximum atomic E-state index is 13.8. The van der Waals surface area contributed by atoms with Crippen molar-refractivity contribution < 1.29 is 19.1 Å². The van der Waals surface area contributed by atoms with Crippen molar-refractivity contribution >= 4 is 63.8 Å². The minimum absolute atomic E-state index is 0.194. The lowest BCUT2D eigenvalue weighted by Gasteiger charge is -2.30. The number of aromatic nitrogens is 1. The first-order valence-corrected chi connectivity index (χ1v) is 14.4. The van der Waals surface area contributed by atoms with E-state index in [4.69, 9.17) is 32.7 Å². The molecule has 0 unspecified atom stereocenters. The number of H-pyrrole nitrogens is 1. The van der Waals surface area contributed by atoms with Crippen molar-refractivity contribution in [3.05, 3.63) is 102 Å². The number of anilines is 1. The van der Waals surface area contributed by atoms with Gasteiger partial charge in [0, 0.05) is 26.4 Å². The maximum Gasteiger partial charge on any atom is 0.305 e. The molecule has 0 spiro atoms. The number of methoxy groups -OCH3 is 1. The van der Waals surface area contributed by atoms with Crippen LogP contribution in [-0.4, -0.2) is 29.2 Å². The van der Waals surface area contributed by atoms with E-state index in [2.05, 4.69) is 4.98 Å². The lowest BCUT2D eigenvalue weighted by Crippen LogP contribution is -2.32. The number of carbonyl (C=O) groups is 2. The Morgan fingerprint density at radius 1 is 0.949 bits per heavy atom. The van der Waals surface area contributed by atoms with Crippen LogP contribution in [0.3, 0.4) is 0 Å². The van der Waals surface area contributed by atoms with Crippen LogP contribution < -0.4 is 19.2 Å². The number of fused-ring (bicyclic) bond motifs is 2. The molecule has 198 valence electrons. The van der Waals surface area contributed by atoms with Gasteiger partial charge in [0.2, 0.25) is 11.8 Å². The molecule has 1 N–H and O–H groups in total. The van der Waals surface area contributed by atoms with Crippen molar-refractivity contribution in [2.45, 2.75) is 22.8 Å². The maximum absolute atomic E-state index is 13.8. The van der Waals surface area contributed by atoms with E-state index in [0.717, 1.165) is 27.3 Å². The highest BCUT2D eigenvalue weighted by Crippen LogP contribution is 2.53. The van der Waals surface area contributed by atoms with Crippen molar-refractivity contribution in [3.63, 3.8) is 0 Å². The van der Waals surface area contributed by atoms with E-state index in [0.29, 0.717) is 32.3 Å². The molecule has 0 bridgehead atoms. The fourth-order valence-electron chi connectivity index (χ4n) is 5.00. The molecule has 2 aliphatic rings. The molecule has 2 amide bonds. The molecular weight excluding hydrogens is 579 g/mol. The Morgan fingerprint density at radius 3 is 2.49 bits per heavy atom. The summed E-state index contributed by atoms with van der Waals surface area (Å²) >= 11 is 14.6. The Labute approximate surface area is 241 Å². The number of nitrogens with zero attached hydrogens (tertiary/aromatic N) is 1. The number of rotatable bonds is 6. The van der Waals surface area contributed by atoms with E-state index in [1.165, 1.54) is 23.8 Å². The second-order valence-corrected chi connectivity index (χ2v) is 12.0. The van der Waals surface area contributed by atoms with Gasteiger partial charge in [-0.05, 0) is 42.0 Å². The number of hydrogen-bond acceptors (Lipinski definition) is 7. The molecule has 3 atom stereocenters. The number of thiazole rings is 1. The predicted molar refractivity (Wildman–Crippen MR) is 153 cm³/mol. The summed E-state index contributed by atoms with van der Waals surface area (Å²) in [5.41, 5.74) is 2.03. The summed E-state index contributed by atoms with van der Waals surface area (Å²) in [6.07, 6.45) is 0. The van der Waals surface area contributed by atoms with Crippen LogP contribution in [-0.2, 0) is 16.2 Å². The van der Waals surface area contributed by atoms with Crippen LogP contribution in [0.25, 0.3) is 0 Å². The Balaban J connectivity index is 1.37. The Bertz CT molecular complexity index is 1660. The normalized spacial score (nSPS) is 20.1. The number of amides is 2. The number of para-hydroxylation sites is 1. The summed E-state index contributed by atoms with van der Waals surface area (Å²) in [4.78, 5) is 44.3. The zero-order valence-corrected chi connectivity index (χ0v) is 23.5. The summed E-state index contributed by atoms with van der Waals surface area (Å²) in [7, 11) is 1.53. The van der Waals surface area contributed by atoms with Crippen LogP contribution in [0, 0.1) is 5.92 Å². The molecule has 1 fully saturated rings. The Morgan fingerprint density at radius 2 is 1.74 bits per heavy atom. The number of halogens is 2. The van der Waals surface area contributed by atoms with Crippen LogP contribution in [0.5, 0.6) is 11.5 Å². The molecule has 3 heterocycles. The van der Waals surface area contributed by atoms with Crippen LogP contribution in [0.15, 0.2) is 76.6 Å². The fourth-order valence-corrected chi connectivity index (χ4v) is 7.98. The number of carbonyl (C=O) groups excluding carboxylic acids is 2. The summed E-state index contributed by atoms with van der Waals surface area (Å²) < 4.78 is 11.7. The standard InChI is InChI=1S/C28H20Cl2N2O5S2/c1-36-20-11-14(8-10-19(20)37-13-15-7-9-16(29)12-18(15)30)21-22-24(38-25-23(21)39-28(35)31-25)27(34)32(26(22)33)17-5-3-2-4-6-17/h2-12,21-22,24H,13H2,1H3,(H,31,35)/t21-,22-,24+/m0/s1. The molecule has 2 aliphatic heterocycles. The predicted octanol–water partition coefficient (Wildman–Crippen LogP) is 6.13. The van der Waals surface area contributed by atoms with Crippen LogP contribution >= 0.6 is 46.3 Å². The Hall–Kier alpha value is -3.24. The number of hydrogen-bond donors (Lipinski definition) is 1. The highest BCUT2D eigenvalue weighted by atomic mass is 35.5. The first kappa shape index (κ1) is 26.0. The third-order valence-electron chi connectivity index (χ3n) is 6.78. The molecule has 1 aromatic heterocycles. The molecule has 39 heavy (non-hydrogen) atoms. The highest BCUT2D eigenvalue weighted by molar-refractivity contribution is 8.00. The smallest absolute Gasteiger partial charge is 0.305 e. The lowest BCUT2D eigenvalue weighted by atomic mass is 9.83. The van der Waals surface area contributed by atoms with Crippen LogP contribution in [0.2, 0.25) is 10.0 Å². The van der Waals surface area contributed by atoms with Crippen molar-refractivity contribution in [2.75, 3.05) is 12.0 Å². The van der Waals surface area contributed by atoms with Gasteiger partial charge in [0.25, 0.3) is 0 Å². The van der Waals surface area contributed by atoms with Crippen molar-refractivity contribution in [2.24, 2.45) is 5.92 Å². The summed E-state index contributed by atoms with van der Waals surface area (Å²) in [5.74, 6) is -0.864. The molecule has 0 aliphatic carbocycles. The van der Waals surface area contributed by atoms with E-state index in [1.807, 2.05) is 12.1 Å². The summed E-state index contributed by atoms with van der Waals surface area (Å²) in [6.45, 7) is 0.194. The van der Waals surface area contributed by atoms with Crippen molar-refractivity contribution in [1.29, 1.82) is 0 Å². The van der Waals surface area contributed by atoms with Crippen molar-refractivity contribution in [3.8, 4) is 11.5 Å². The van der Waals surface area contributed by atoms with Crippen LogP contribution in [0.1, 0.15) is 21.9 Å². The van der Waals surface area contributed by atoms with E-state index >= 15 is 0 Å². The van der Waals surface area contributed by atoms with Gasteiger partial charge < -0.3 is 14.5 Å². The molecule has 3 aromatic carbocycles. The van der Waals surface area contributed by atoms with Gasteiger partial charge in [-0.1, -0.05) is 76.6 Å². The second-order valence-electron chi connectivity index (χ2n) is 9.03. The monoisotopic (exact) mass is 598 g/mol. The van der Waals surface area contributed by atoms with Gasteiger partial charge in [-0.2, -0.15) is 0 Å². The first-order chi connectivity index (χ1) is 18.9. The van der Waals surface area contributed by atoms with E-state index < -0.39 is 17.1 Å². The van der Waals surface area contributed by atoms with Crippen LogP contribution in [0.4, 0.5) is 5.69 Å². The fraction of sp³-hybridized carbons (Fsp3) is 0.179. The van der Waals surface area contributed by atoms with Gasteiger partial charge in [-0.3, -0.25) is 14.4 Å². The third kappa shape index (κ3) is 4.63. The topological polar surface area (TPSA) is 88.7 Å². The number of nitrogens with one attached hydrogen (secondary N) is 1. The molecule has 1 saturated heterocycles. The van der Waals surface area contributed by atoms with Gasteiger partial charge in [0.05, 0.1) is 23.7 Å². The second kappa shape index (κ2) is 10.4. The zero-order valence-electron chi connectivity index (χ0n) is 20.4. The molecule has 7 nitrogen and oxygen atoms in total. The zero-order chi connectivity index (χ0) is 27.3. The molecular formula is C28H20Cl2N2O5S2. The van der Waals surface area contributed by atoms with E-state index in [-0.39, 0.29) is 23.3 Å². The van der Waals surface area contributed by atoms with Gasteiger partial charge in [0.1, 0.15) is 11.9 Å². The highest BCUT2D eigenvalue weighted by Gasteiger charge is 2.56. The number of thioether (sulfide) groups is 1. The number of ether oxygens (including phenoxy) is 2. The molecule has 0 saturated carbocycles.